The maximum absolute atomic E-state index is 14.1. The number of aryl methyl sites for hydroxylation is 3. The van der Waals surface area contributed by atoms with Crippen LogP contribution in [0.3, 0.4) is 0 Å². The predicted octanol–water partition coefficient (Wildman–Crippen LogP) is 5.11. The number of rotatable bonds is 15. The molecule has 1 aliphatic rings. The van der Waals surface area contributed by atoms with Crippen molar-refractivity contribution in [1.82, 2.24) is 19.8 Å². The summed E-state index contributed by atoms with van der Waals surface area (Å²) >= 11 is 0. The Labute approximate surface area is 282 Å². The number of nitrogens with one attached hydrogen (secondary N) is 1. The van der Waals surface area contributed by atoms with Crippen molar-refractivity contribution in [3.05, 3.63) is 107 Å². The molecule has 5 rings (SSSR count). The fraction of sp³-hybridized carbons (Fsp3) is 0.368. The lowest BCUT2D eigenvalue weighted by Gasteiger charge is -2.35. The molecule has 10 heteroatoms. The van der Waals surface area contributed by atoms with Crippen LogP contribution in [0.15, 0.2) is 79.1 Å². The van der Waals surface area contributed by atoms with Gasteiger partial charge in [-0.2, -0.15) is 0 Å². The monoisotopic (exact) mass is 652 g/mol. The molecular weight excluding hydrogens is 608 g/mol. The molecule has 0 saturated heterocycles. The van der Waals surface area contributed by atoms with Gasteiger partial charge in [-0.15, -0.1) is 0 Å². The average molecular weight is 653 g/mol. The Morgan fingerprint density at radius 2 is 1.42 bits per heavy atom. The fourth-order valence-electron chi connectivity index (χ4n) is 6.34. The predicted molar refractivity (Wildman–Crippen MR) is 182 cm³/mol. The van der Waals surface area contributed by atoms with Crippen LogP contribution in [0.5, 0.6) is 17.2 Å². The highest BCUT2D eigenvalue weighted by Gasteiger charge is 2.40. The number of aromatic nitrogens is 2. The van der Waals surface area contributed by atoms with E-state index in [1.807, 2.05) is 48.0 Å². The van der Waals surface area contributed by atoms with Crippen LogP contribution < -0.4 is 19.5 Å². The zero-order chi connectivity index (χ0) is 34.0. The van der Waals surface area contributed by atoms with Crippen molar-refractivity contribution in [1.29, 1.82) is 0 Å². The third-order valence-corrected chi connectivity index (χ3v) is 8.98. The summed E-state index contributed by atoms with van der Waals surface area (Å²) in [5.74, 6) is -1.04. The van der Waals surface area contributed by atoms with Crippen molar-refractivity contribution < 1.29 is 28.6 Å². The van der Waals surface area contributed by atoms with Crippen molar-refractivity contribution >= 4 is 17.6 Å². The molecule has 1 aliphatic heterocycles. The number of hydrogen-bond donors (Lipinski definition) is 1. The van der Waals surface area contributed by atoms with E-state index in [4.69, 9.17) is 14.2 Å². The molecule has 1 atom stereocenters. The van der Waals surface area contributed by atoms with Crippen LogP contribution in [0.1, 0.15) is 58.6 Å². The smallest absolute Gasteiger partial charge is 0.296 e. The Morgan fingerprint density at radius 1 is 0.854 bits per heavy atom. The second kappa shape index (κ2) is 16.1. The second-order valence-corrected chi connectivity index (χ2v) is 12.1. The van der Waals surface area contributed by atoms with Crippen LogP contribution in [-0.2, 0) is 42.4 Å². The molecule has 10 nitrogen and oxygen atoms in total. The number of Topliss-reactive ketones (excluding diaryl/α,β-unsaturated/α-hetero) is 1. The summed E-state index contributed by atoms with van der Waals surface area (Å²) in [7, 11) is 6.19. The van der Waals surface area contributed by atoms with Crippen molar-refractivity contribution in [2.75, 3.05) is 21.3 Å². The maximum atomic E-state index is 14.1. The lowest BCUT2D eigenvalue weighted by Crippen LogP contribution is -2.56. The zero-order valence-corrected chi connectivity index (χ0v) is 28.1. The number of carbonyl (C=O) groups excluding carboxylic acids is 3. The summed E-state index contributed by atoms with van der Waals surface area (Å²) in [6.07, 6.45) is 7.06. The molecule has 0 aliphatic carbocycles. The van der Waals surface area contributed by atoms with Crippen LogP contribution in [0.2, 0.25) is 0 Å². The zero-order valence-electron chi connectivity index (χ0n) is 28.1. The Hall–Kier alpha value is -5.12. The molecule has 252 valence electrons. The maximum Gasteiger partial charge on any atom is 0.296 e. The third-order valence-electron chi connectivity index (χ3n) is 8.98. The highest BCUT2D eigenvalue weighted by atomic mass is 16.5. The molecule has 0 spiro atoms. The molecule has 1 N–H and O–H groups in total. The summed E-state index contributed by atoms with van der Waals surface area (Å²) in [5.41, 5.74) is 4.11. The normalized spacial score (nSPS) is 13.9. The van der Waals surface area contributed by atoms with E-state index in [2.05, 4.69) is 34.6 Å². The summed E-state index contributed by atoms with van der Waals surface area (Å²) < 4.78 is 18.0. The van der Waals surface area contributed by atoms with E-state index >= 15 is 0 Å². The summed E-state index contributed by atoms with van der Waals surface area (Å²) in [5, 5.41) is 3.28. The van der Waals surface area contributed by atoms with E-state index in [-0.39, 0.29) is 42.0 Å². The largest absolute Gasteiger partial charge is 0.493 e. The lowest BCUT2D eigenvalue weighted by molar-refractivity contribution is -0.139. The van der Waals surface area contributed by atoms with Gasteiger partial charge in [0.2, 0.25) is 11.7 Å². The fourth-order valence-corrected chi connectivity index (χ4v) is 6.34. The second-order valence-electron chi connectivity index (χ2n) is 12.1. The first-order chi connectivity index (χ1) is 23.3. The van der Waals surface area contributed by atoms with E-state index in [1.54, 1.807) is 6.33 Å². The van der Waals surface area contributed by atoms with Gasteiger partial charge in [-0.25, -0.2) is 4.98 Å². The summed E-state index contributed by atoms with van der Waals surface area (Å²) in [6, 6.07) is 22.5. The first-order valence-corrected chi connectivity index (χ1v) is 16.4. The molecule has 0 fully saturated rings. The number of imidazole rings is 1. The van der Waals surface area contributed by atoms with Crippen molar-refractivity contribution in [2.45, 2.75) is 63.6 Å². The molecule has 2 amide bonds. The van der Waals surface area contributed by atoms with E-state index in [1.165, 1.54) is 49.5 Å². The molecule has 2 heterocycles. The Morgan fingerprint density at radius 3 is 1.94 bits per heavy atom. The SMILES string of the molecule is COc1cc(C(=O)C(=O)N2Cc3c(ncn3C)CC2C(=O)NC(CCCc2ccccc2)CCCc2ccccc2)cc(OC)c1OC. The highest BCUT2D eigenvalue weighted by Crippen LogP contribution is 2.38. The lowest BCUT2D eigenvalue weighted by atomic mass is 9.96. The standard InChI is InChI=1S/C38H44N4O6/c1-41-25-39-30-23-31(42(24-32(30)41)38(45)35(43)28-21-33(46-2)36(48-4)34(22-28)47-3)37(44)40-29(19-11-17-26-13-7-5-8-14-26)20-12-18-27-15-9-6-10-16-27/h5-10,13-16,21-22,25,29,31H,11-12,17-20,23-24H2,1-4H3,(H,40,44). The van der Waals surface area contributed by atoms with Gasteiger partial charge in [-0.05, 0) is 61.8 Å². The summed E-state index contributed by atoms with van der Waals surface area (Å²) in [4.78, 5) is 47.8. The van der Waals surface area contributed by atoms with Gasteiger partial charge in [0.05, 0.1) is 45.6 Å². The molecule has 4 aromatic rings. The minimum atomic E-state index is -0.906. The Kier molecular flexibility index (Phi) is 11.5. The topological polar surface area (TPSA) is 112 Å². The highest BCUT2D eigenvalue weighted by molar-refractivity contribution is 6.43. The van der Waals surface area contributed by atoms with Crippen LogP contribution in [0.25, 0.3) is 0 Å². The van der Waals surface area contributed by atoms with Gasteiger partial charge in [0.15, 0.2) is 11.5 Å². The average Bonchev–Trinajstić information content (AvgIpc) is 3.49. The van der Waals surface area contributed by atoms with Crippen molar-refractivity contribution in [3.8, 4) is 17.2 Å². The van der Waals surface area contributed by atoms with Gasteiger partial charge in [-0.1, -0.05) is 60.7 Å². The molecule has 1 aromatic heterocycles. The van der Waals surface area contributed by atoms with Crippen LogP contribution in [0.4, 0.5) is 0 Å². The molecule has 0 bridgehead atoms. The minimum absolute atomic E-state index is 0.0733. The number of hydrogen-bond acceptors (Lipinski definition) is 7. The Balaban J connectivity index is 1.36. The van der Waals surface area contributed by atoms with Crippen molar-refractivity contribution in [2.24, 2.45) is 7.05 Å². The first-order valence-electron chi connectivity index (χ1n) is 16.4. The van der Waals surface area contributed by atoms with Crippen LogP contribution in [-0.4, -0.2) is 65.5 Å². The number of carbonyl (C=O) groups is 3. The van der Waals surface area contributed by atoms with Gasteiger partial charge in [0.1, 0.15) is 6.04 Å². The van der Waals surface area contributed by atoms with Gasteiger partial charge in [0, 0.05) is 25.1 Å². The number of fused-ring (bicyclic) bond motifs is 1. The van der Waals surface area contributed by atoms with E-state index in [0.29, 0.717) is 5.75 Å². The van der Waals surface area contributed by atoms with Crippen LogP contribution in [0, 0.1) is 0 Å². The van der Waals surface area contributed by atoms with Crippen molar-refractivity contribution in [3.63, 3.8) is 0 Å². The number of nitrogens with zero attached hydrogens (tertiary/aromatic N) is 3. The van der Waals surface area contributed by atoms with E-state index in [0.717, 1.165) is 49.9 Å². The summed E-state index contributed by atoms with van der Waals surface area (Å²) in [6.45, 7) is 0.0750. The van der Waals surface area contributed by atoms with Gasteiger partial charge in [-0.3, -0.25) is 14.4 Å². The first kappa shape index (κ1) is 34.2. The molecule has 1 unspecified atom stereocenters. The molecule has 3 aromatic carbocycles. The molecule has 0 saturated carbocycles. The van der Waals surface area contributed by atoms with E-state index < -0.39 is 17.7 Å². The molecule has 48 heavy (non-hydrogen) atoms. The minimum Gasteiger partial charge on any atom is -0.493 e. The third kappa shape index (κ3) is 8.05. The molecule has 0 radical (unpaired) electrons. The van der Waals surface area contributed by atoms with Gasteiger partial charge >= 0.3 is 0 Å². The van der Waals surface area contributed by atoms with Gasteiger partial charge < -0.3 is 29.0 Å². The van der Waals surface area contributed by atoms with E-state index in [9.17, 15) is 14.4 Å². The quantitative estimate of drug-likeness (QED) is 0.140. The number of ether oxygens (including phenoxy) is 3. The number of ketones is 1. The van der Waals surface area contributed by atoms with Crippen LogP contribution >= 0.6 is 0 Å². The van der Waals surface area contributed by atoms with Gasteiger partial charge in [0.25, 0.3) is 11.7 Å². The number of methoxy groups -OCH3 is 3. The number of amides is 2. The Bertz CT molecular complexity index is 1630. The number of benzene rings is 3. The molecular formula is C38H44N4O6.